The molecule has 0 aliphatic carbocycles. The predicted octanol–water partition coefficient (Wildman–Crippen LogP) is 3.78. The first-order valence-electron chi connectivity index (χ1n) is 7.39. The van der Waals surface area contributed by atoms with Crippen molar-refractivity contribution in [3.63, 3.8) is 0 Å². The fraction of sp³-hybridized carbons (Fsp3) is 0.235. The van der Waals surface area contributed by atoms with Crippen LogP contribution < -0.4 is 4.74 Å². The third-order valence-corrected chi connectivity index (χ3v) is 3.96. The van der Waals surface area contributed by atoms with E-state index in [4.69, 9.17) is 25.8 Å². The second kappa shape index (κ2) is 7.08. The average Bonchev–Trinajstić information content (AvgIpc) is 2.58. The molecule has 0 aromatic heterocycles. The molecule has 0 atom stereocenters. The van der Waals surface area contributed by atoms with E-state index in [-0.39, 0.29) is 24.7 Å². The Kier molecular flexibility index (Phi) is 4.87. The van der Waals surface area contributed by atoms with Crippen LogP contribution in [0.4, 0.5) is 5.69 Å². The topological polar surface area (TPSA) is 87.9 Å². The number of ether oxygens (including phenoxy) is 3. The summed E-state index contributed by atoms with van der Waals surface area (Å²) in [4.78, 5) is 22.6. The summed E-state index contributed by atoms with van der Waals surface area (Å²) >= 11 is 6.07. The normalized spacial score (nSPS) is 12.9. The lowest BCUT2D eigenvalue weighted by molar-refractivity contribution is -0.385. The monoisotopic (exact) mass is 363 g/mol. The molecule has 1 heterocycles. The molecule has 0 saturated carbocycles. The number of halogens is 1. The highest BCUT2D eigenvalue weighted by atomic mass is 35.5. The van der Waals surface area contributed by atoms with E-state index in [9.17, 15) is 14.9 Å². The molecule has 0 bridgehead atoms. The minimum Gasteiger partial charge on any atom is -0.467 e. The Morgan fingerprint density at radius 3 is 2.88 bits per heavy atom. The van der Waals surface area contributed by atoms with Gasteiger partial charge in [0, 0.05) is 27.8 Å². The lowest BCUT2D eigenvalue weighted by Crippen LogP contribution is -2.14. The van der Waals surface area contributed by atoms with Crippen LogP contribution in [0.5, 0.6) is 5.75 Å². The smallest absolute Gasteiger partial charge is 0.338 e. The van der Waals surface area contributed by atoms with Gasteiger partial charge < -0.3 is 14.2 Å². The van der Waals surface area contributed by atoms with E-state index in [1.165, 1.54) is 18.2 Å². The molecule has 0 saturated heterocycles. The number of esters is 1. The van der Waals surface area contributed by atoms with Crippen LogP contribution >= 0.6 is 11.6 Å². The van der Waals surface area contributed by atoms with Gasteiger partial charge in [-0.1, -0.05) is 11.6 Å². The number of nitro groups is 1. The van der Waals surface area contributed by atoms with Gasteiger partial charge in [-0.15, -0.1) is 0 Å². The summed E-state index contributed by atoms with van der Waals surface area (Å²) in [6.45, 7) is 2.03. The highest BCUT2D eigenvalue weighted by Gasteiger charge is 2.19. The van der Waals surface area contributed by atoms with E-state index < -0.39 is 10.9 Å². The molecule has 25 heavy (non-hydrogen) atoms. The number of benzene rings is 2. The first-order valence-corrected chi connectivity index (χ1v) is 7.77. The first kappa shape index (κ1) is 17.2. The predicted molar refractivity (Wildman–Crippen MR) is 88.7 cm³/mol. The standard InChI is InChI=1S/C17H14ClNO6/c1-10-4-11(2-3-15(10)19(21)22)17(20)24-8-13-6-14(18)5-12-7-23-9-25-16(12)13/h2-6H,7-9H2,1H3. The Hall–Kier alpha value is -2.64. The maximum atomic E-state index is 12.2. The minimum atomic E-state index is -0.584. The second-order valence-electron chi connectivity index (χ2n) is 5.50. The first-order chi connectivity index (χ1) is 12.0. The van der Waals surface area contributed by atoms with Crippen LogP contribution in [0.3, 0.4) is 0 Å². The molecule has 0 N–H and O–H groups in total. The molecule has 1 aliphatic rings. The summed E-state index contributed by atoms with van der Waals surface area (Å²) < 4.78 is 16.0. The molecule has 2 aromatic rings. The number of hydrogen-bond acceptors (Lipinski definition) is 6. The van der Waals surface area contributed by atoms with Crippen molar-refractivity contribution >= 4 is 23.3 Å². The van der Waals surface area contributed by atoms with E-state index in [2.05, 4.69) is 0 Å². The summed E-state index contributed by atoms with van der Waals surface area (Å²) in [5.41, 5.74) is 2.01. The largest absolute Gasteiger partial charge is 0.467 e. The highest BCUT2D eigenvalue weighted by molar-refractivity contribution is 6.30. The summed E-state index contributed by atoms with van der Waals surface area (Å²) in [7, 11) is 0. The molecular formula is C17H14ClNO6. The molecule has 7 nitrogen and oxygen atoms in total. The highest BCUT2D eigenvalue weighted by Crippen LogP contribution is 2.32. The molecule has 3 rings (SSSR count). The lowest BCUT2D eigenvalue weighted by atomic mass is 10.1. The fourth-order valence-electron chi connectivity index (χ4n) is 2.58. The van der Waals surface area contributed by atoms with Gasteiger partial charge in [0.05, 0.1) is 17.1 Å². The van der Waals surface area contributed by atoms with Gasteiger partial charge in [-0.05, 0) is 31.2 Å². The van der Waals surface area contributed by atoms with Crippen molar-refractivity contribution in [2.75, 3.05) is 6.79 Å². The summed E-state index contributed by atoms with van der Waals surface area (Å²) in [5.74, 6) is 0.0158. The van der Waals surface area contributed by atoms with Crippen molar-refractivity contribution in [1.29, 1.82) is 0 Å². The molecule has 0 fully saturated rings. The Labute approximate surface area is 148 Å². The molecule has 8 heteroatoms. The number of fused-ring (bicyclic) bond motifs is 1. The van der Waals surface area contributed by atoms with Crippen molar-refractivity contribution in [2.24, 2.45) is 0 Å². The Bertz CT molecular complexity index is 851. The zero-order chi connectivity index (χ0) is 18.0. The fourth-order valence-corrected chi connectivity index (χ4v) is 2.84. The van der Waals surface area contributed by atoms with Crippen molar-refractivity contribution in [1.82, 2.24) is 0 Å². The van der Waals surface area contributed by atoms with E-state index in [1.807, 2.05) is 0 Å². The number of hydrogen-bond donors (Lipinski definition) is 0. The van der Waals surface area contributed by atoms with Crippen LogP contribution in [0.25, 0.3) is 0 Å². The van der Waals surface area contributed by atoms with Crippen LogP contribution in [0.1, 0.15) is 27.0 Å². The number of nitro benzene ring substituents is 1. The van der Waals surface area contributed by atoms with Crippen LogP contribution in [0, 0.1) is 17.0 Å². The van der Waals surface area contributed by atoms with Crippen LogP contribution in [-0.4, -0.2) is 17.7 Å². The molecule has 0 spiro atoms. The average molecular weight is 364 g/mol. The van der Waals surface area contributed by atoms with Gasteiger partial charge in [0.2, 0.25) is 0 Å². The summed E-state index contributed by atoms with van der Waals surface area (Å²) in [6.07, 6.45) is 0. The number of carbonyl (C=O) groups excluding carboxylic acids is 1. The SMILES string of the molecule is Cc1cc(C(=O)OCc2cc(Cl)cc3c2OCOC3)ccc1[N+](=O)[O-]. The van der Waals surface area contributed by atoms with Gasteiger partial charge in [0.15, 0.2) is 6.79 Å². The molecule has 1 aliphatic heterocycles. The zero-order valence-electron chi connectivity index (χ0n) is 13.3. The summed E-state index contributed by atoms with van der Waals surface area (Å²) in [5, 5.41) is 11.3. The maximum Gasteiger partial charge on any atom is 0.338 e. The van der Waals surface area contributed by atoms with Gasteiger partial charge in [-0.3, -0.25) is 10.1 Å². The molecule has 0 amide bonds. The maximum absolute atomic E-state index is 12.2. The van der Waals surface area contributed by atoms with Crippen LogP contribution in [0.2, 0.25) is 5.02 Å². The van der Waals surface area contributed by atoms with Crippen LogP contribution in [-0.2, 0) is 22.7 Å². The van der Waals surface area contributed by atoms with Gasteiger partial charge in [-0.2, -0.15) is 0 Å². The quantitative estimate of drug-likeness (QED) is 0.466. The van der Waals surface area contributed by atoms with Crippen molar-refractivity contribution in [2.45, 2.75) is 20.1 Å². The third kappa shape index (κ3) is 3.72. The van der Waals surface area contributed by atoms with E-state index >= 15 is 0 Å². The Morgan fingerprint density at radius 2 is 2.16 bits per heavy atom. The van der Waals surface area contributed by atoms with Gasteiger partial charge in [-0.25, -0.2) is 4.79 Å². The molecule has 0 unspecified atom stereocenters. The molecular weight excluding hydrogens is 350 g/mol. The number of carbonyl (C=O) groups is 1. The van der Waals surface area contributed by atoms with Crippen LogP contribution in [0.15, 0.2) is 30.3 Å². The Balaban J connectivity index is 1.76. The molecule has 0 radical (unpaired) electrons. The number of nitrogens with zero attached hydrogens (tertiary/aromatic N) is 1. The number of aryl methyl sites for hydroxylation is 1. The zero-order valence-corrected chi connectivity index (χ0v) is 14.0. The van der Waals surface area contributed by atoms with Crippen molar-refractivity contribution in [3.8, 4) is 5.75 Å². The minimum absolute atomic E-state index is 0.0300. The molecule has 2 aromatic carbocycles. The van der Waals surface area contributed by atoms with Crippen molar-refractivity contribution in [3.05, 3.63) is 67.7 Å². The van der Waals surface area contributed by atoms with Crippen molar-refractivity contribution < 1.29 is 23.9 Å². The van der Waals surface area contributed by atoms with E-state index in [1.54, 1.807) is 19.1 Å². The van der Waals surface area contributed by atoms with E-state index in [0.717, 1.165) is 5.56 Å². The molecule has 130 valence electrons. The number of rotatable bonds is 4. The van der Waals surface area contributed by atoms with Gasteiger partial charge in [0.25, 0.3) is 5.69 Å². The Morgan fingerprint density at radius 1 is 1.36 bits per heavy atom. The lowest BCUT2D eigenvalue weighted by Gasteiger charge is -2.21. The second-order valence-corrected chi connectivity index (χ2v) is 5.93. The van der Waals surface area contributed by atoms with Gasteiger partial charge in [0.1, 0.15) is 12.4 Å². The third-order valence-electron chi connectivity index (χ3n) is 3.74. The van der Waals surface area contributed by atoms with E-state index in [0.29, 0.717) is 28.5 Å². The van der Waals surface area contributed by atoms with Gasteiger partial charge >= 0.3 is 5.97 Å². The summed E-state index contributed by atoms with van der Waals surface area (Å²) in [6, 6.07) is 7.48.